The second-order valence-electron chi connectivity index (χ2n) is 6.16. The van der Waals surface area contributed by atoms with Gasteiger partial charge < -0.3 is 19.5 Å². The summed E-state index contributed by atoms with van der Waals surface area (Å²) >= 11 is 6.45. The second-order valence-corrected chi connectivity index (χ2v) is 7.83. The van der Waals surface area contributed by atoms with Gasteiger partial charge in [0.15, 0.2) is 11.5 Å². The van der Waals surface area contributed by atoms with Crippen LogP contribution in [0, 0.1) is 0 Å². The Balaban J connectivity index is 1.69. The summed E-state index contributed by atoms with van der Waals surface area (Å²) in [4.78, 5) is 26.9. The highest BCUT2D eigenvalue weighted by atomic mass is 32.2. The molecule has 1 fully saturated rings. The Labute approximate surface area is 184 Å². The Morgan fingerprint density at radius 3 is 2.40 bits per heavy atom. The van der Waals surface area contributed by atoms with Gasteiger partial charge in [0, 0.05) is 5.69 Å². The number of thiocarbonyl (C=S) groups is 1. The number of rotatable bonds is 7. The number of hydrogen-bond acceptors (Lipinski definition) is 7. The molecule has 2 aromatic carbocycles. The van der Waals surface area contributed by atoms with Gasteiger partial charge in [0.05, 0.1) is 26.2 Å². The summed E-state index contributed by atoms with van der Waals surface area (Å²) in [6.07, 6.45) is 1.71. The number of carbonyl (C=O) groups is 2. The molecule has 0 atom stereocenters. The van der Waals surface area contributed by atoms with Crippen LogP contribution in [0.25, 0.3) is 6.08 Å². The third-order valence-electron chi connectivity index (χ3n) is 4.25. The molecule has 30 heavy (non-hydrogen) atoms. The largest absolute Gasteiger partial charge is 0.497 e. The van der Waals surface area contributed by atoms with Crippen molar-refractivity contribution >= 4 is 51.9 Å². The minimum absolute atomic E-state index is 0.167. The van der Waals surface area contributed by atoms with E-state index < -0.39 is 0 Å². The minimum atomic E-state index is -0.344. The summed E-state index contributed by atoms with van der Waals surface area (Å²) < 4.78 is 15.9. The van der Waals surface area contributed by atoms with E-state index in [-0.39, 0.29) is 18.4 Å². The van der Waals surface area contributed by atoms with E-state index in [1.807, 2.05) is 6.07 Å². The number of hydrogen-bond donors (Lipinski definition) is 1. The lowest BCUT2D eigenvalue weighted by molar-refractivity contribution is -0.126. The fraction of sp³-hybridized carbons (Fsp3) is 0.190. The first-order chi connectivity index (χ1) is 14.4. The van der Waals surface area contributed by atoms with E-state index in [0.29, 0.717) is 32.2 Å². The smallest absolute Gasteiger partial charge is 0.266 e. The molecule has 2 amide bonds. The summed E-state index contributed by atoms with van der Waals surface area (Å²) in [5.41, 5.74) is 1.36. The fourth-order valence-corrected chi connectivity index (χ4v) is 4.00. The molecule has 0 radical (unpaired) electrons. The van der Waals surface area contributed by atoms with Crippen LogP contribution in [0.1, 0.15) is 5.56 Å². The monoisotopic (exact) mass is 444 g/mol. The van der Waals surface area contributed by atoms with Gasteiger partial charge in [0.1, 0.15) is 16.6 Å². The van der Waals surface area contributed by atoms with Crippen molar-refractivity contribution in [3.63, 3.8) is 0 Å². The zero-order chi connectivity index (χ0) is 21.7. The molecule has 2 aromatic rings. The van der Waals surface area contributed by atoms with Crippen LogP contribution in [0.2, 0.25) is 0 Å². The molecule has 156 valence electrons. The highest BCUT2D eigenvalue weighted by molar-refractivity contribution is 8.26. The van der Waals surface area contributed by atoms with E-state index in [4.69, 9.17) is 26.4 Å². The number of benzene rings is 2. The summed E-state index contributed by atoms with van der Waals surface area (Å²) in [7, 11) is 4.67. The average Bonchev–Trinajstić information content (AvgIpc) is 3.01. The molecular weight excluding hydrogens is 424 g/mol. The molecule has 1 aliphatic rings. The highest BCUT2D eigenvalue weighted by Gasteiger charge is 2.33. The van der Waals surface area contributed by atoms with Gasteiger partial charge in [-0.2, -0.15) is 0 Å². The second kappa shape index (κ2) is 9.64. The summed E-state index contributed by atoms with van der Waals surface area (Å²) in [5, 5.41) is 2.75. The maximum absolute atomic E-state index is 12.8. The lowest BCUT2D eigenvalue weighted by atomic mass is 10.2. The Morgan fingerprint density at radius 1 is 1.07 bits per heavy atom. The fourth-order valence-electron chi connectivity index (χ4n) is 2.75. The maximum atomic E-state index is 12.8. The lowest BCUT2D eigenvalue weighted by Gasteiger charge is -2.14. The molecule has 1 N–H and O–H groups in total. The lowest BCUT2D eigenvalue weighted by Crippen LogP contribution is -2.36. The van der Waals surface area contributed by atoms with E-state index in [0.717, 1.165) is 17.3 Å². The Hall–Kier alpha value is -3.04. The Bertz CT molecular complexity index is 1000. The summed E-state index contributed by atoms with van der Waals surface area (Å²) in [5.74, 6) is 1.18. The van der Waals surface area contributed by atoms with Crippen LogP contribution in [0.5, 0.6) is 17.2 Å². The molecule has 0 bridgehead atoms. The van der Waals surface area contributed by atoms with Crippen molar-refractivity contribution in [2.24, 2.45) is 0 Å². The average molecular weight is 445 g/mol. The van der Waals surface area contributed by atoms with Gasteiger partial charge in [-0.15, -0.1) is 0 Å². The molecule has 1 saturated heterocycles. The number of nitrogens with zero attached hydrogens (tertiary/aromatic N) is 1. The predicted octanol–water partition coefficient (Wildman–Crippen LogP) is 3.55. The Kier molecular flexibility index (Phi) is 6.96. The maximum Gasteiger partial charge on any atom is 0.266 e. The van der Waals surface area contributed by atoms with Crippen LogP contribution >= 0.6 is 24.0 Å². The van der Waals surface area contributed by atoms with Crippen LogP contribution in [0.15, 0.2) is 47.4 Å². The first kappa shape index (κ1) is 21.7. The van der Waals surface area contributed by atoms with E-state index in [1.165, 1.54) is 4.90 Å². The van der Waals surface area contributed by atoms with Crippen molar-refractivity contribution in [2.75, 3.05) is 33.2 Å². The number of ether oxygens (including phenoxy) is 3. The zero-order valence-electron chi connectivity index (χ0n) is 16.6. The van der Waals surface area contributed by atoms with Crippen LogP contribution in [-0.4, -0.2) is 48.9 Å². The number of carbonyl (C=O) groups excluding carboxylic acids is 2. The third-order valence-corrected chi connectivity index (χ3v) is 5.63. The Morgan fingerprint density at radius 2 is 1.77 bits per heavy atom. The molecule has 3 rings (SSSR count). The predicted molar refractivity (Wildman–Crippen MR) is 121 cm³/mol. The van der Waals surface area contributed by atoms with E-state index in [9.17, 15) is 9.59 Å². The van der Waals surface area contributed by atoms with Crippen molar-refractivity contribution in [1.29, 1.82) is 0 Å². The zero-order valence-corrected chi connectivity index (χ0v) is 18.3. The SMILES string of the molecule is COc1ccc(NC(=O)CN2C(=O)/C(=C\c3ccc(OC)c(OC)c3)SC2=S)cc1. The number of nitrogens with one attached hydrogen (secondary N) is 1. The molecule has 0 aliphatic carbocycles. The standard InChI is InChI=1S/C21H20N2O5S2/c1-26-15-7-5-14(6-8-15)22-19(24)12-23-20(25)18(30-21(23)29)11-13-4-9-16(27-2)17(10-13)28-3/h4-11H,12H2,1-3H3,(H,22,24)/b18-11+. The quantitative estimate of drug-likeness (QED) is 0.517. The molecule has 9 heteroatoms. The number of anilines is 1. The molecule has 1 aliphatic heterocycles. The molecule has 7 nitrogen and oxygen atoms in total. The van der Waals surface area contributed by atoms with Gasteiger partial charge >= 0.3 is 0 Å². The van der Waals surface area contributed by atoms with Gasteiger partial charge in [-0.1, -0.05) is 30.0 Å². The summed E-state index contributed by atoms with van der Waals surface area (Å²) in [6.45, 7) is -0.167. The van der Waals surface area contributed by atoms with Crippen LogP contribution in [-0.2, 0) is 9.59 Å². The highest BCUT2D eigenvalue weighted by Crippen LogP contribution is 2.34. The molecule has 0 aromatic heterocycles. The number of methoxy groups -OCH3 is 3. The molecule has 0 spiro atoms. The van der Waals surface area contributed by atoms with Crippen molar-refractivity contribution in [1.82, 2.24) is 4.90 Å². The first-order valence-electron chi connectivity index (χ1n) is 8.86. The van der Waals surface area contributed by atoms with Crippen LogP contribution in [0.4, 0.5) is 5.69 Å². The third kappa shape index (κ3) is 4.92. The normalized spacial score (nSPS) is 14.8. The number of amides is 2. The van der Waals surface area contributed by atoms with Gasteiger partial charge in [0.2, 0.25) is 5.91 Å². The minimum Gasteiger partial charge on any atom is -0.497 e. The van der Waals surface area contributed by atoms with Crippen molar-refractivity contribution < 1.29 is 23.8 Å². The summed E-state index contributed by atoms with van der Waals surface area (Å²) in [6, 6.07) is 12.2. The van der Waals surface area contributed by atoms with Gasteiger partial charge in [-0.05, 0) is 48.0 Å². The van der Waals surface area contributed by atoms with Crippen molar-refractivity contribution in [3.05, 3.63) is 52.9 Å². The van der Waals surface area contributed by atoms with Gasteiger partial charge in [-0.25, -0.2) is 0 Å². The molecule has 0 saturated carbocycles. The molecule has 1 heterocycles. The first-order valence-corrected chi connectivity index (χ1v) is 10.1. The molecular formula is C21H20N2O5S2. The van der Waals surface area contributed by atoms with E-state index >= 15 is 0 Å². The van der Waals surface area contributed by atoms with Crippen LogP contribution in [0.3, 0.4) is 0 Å². The van der Waals surface area contributed by atoms with Crippen molar-refractivity contribution in [2.45, 2.75) is 0 Å². The van der Waals surface area contributed by atoms with E-state index in [1.54, 1.807) is 63.8 Å². The molecule has 0 unspecified atom stereocenters. The van der Waals surface area contributed by atoms with E-state index in [2.05, 4.69) is 5.32 Å². The van der Waals surface area contributed by atoms with Gasteiger partial charge in [0.25, 0.3) is 5.91 Å². The topological polar surface area (TPSA) is 77.1 Å². The van der Waals surface area contributed by atoms with Crippen LogP contribution < -0.4 is 19.5 Å². The number of thioether (sulfide) groups is 1. The van der Waals surface area contributed by atoms with Gasteiger partial charge in [-0.3, -0.25) is 14.5 Å². The van der Waals surface area contributed by atoms with Crippen molar-refractivity contribution in [3.8, 4) is 17.2 Å².